The fourth-order valence-corrected chi connectivity index (χ4v) is 4.62. The molecule has 4 heterocycles. The molecule has 1 spiro atoms. The Labute approximate surface area is 156 Å². The van der Waals surface area contributed by atoms with E-state index in [1.807, 2.05) is 25.1 Å². The molecule has 140 valence electrons. The Bertz CT molecular complexity index is 934. The molecule has 7 heteroatoms. The number of amidine groups is 1. The van der Waals surface area contributed by atoms with E-state index < -0.39 is 11.5 Å². The van der Waals surface area contributed by atoms with Gasteiger partial charge in [0, 0.05) is 23.7 Å². The van der Waals surface area contributed by atoms with E-state index in [4.69, 9.17) is 24.9 Å². The molecule has 0 saturated carbocycles. The monoisotopic (exact) mass is 369 g/mol. The van der Waals surface area contributed by atoms with Gasteiger partial charge in [0.1, 0.15) is 24.0 Å². The zero-order valence-electron chi connectivity index (χ0n) is 14.9. The lowest BCUT2D eigenvalue weighted by Gasteiger charge is -2.48. The standard InChI is InChI=1S/C20H20FN3O3/c1-11-17-16(6-8-25-11)27-15-5-4-12(13-3-2-7-23-18(13)21)9-14(15)20(17)10-26-19(22)24-20/h2-5,7,9,11,16-17H,6,8,10H2,1H3,(H2,22,24)/t11-,16?,17-,20-/m0/s1. The highest BCUT2D eigenvalue weighted by atomic mass is 19.1. The molecule has 4 atom stereocenters. The van der Waals surface area contributed by atoms with E-state index in [0.29, 0.717) is 24.3 Å². The number of fused-ring (bicyclic) bond motifs is 4. The number of halogens is 1. The highest BCUT2D eigenvalue weighted by molar-refractivity contribution is 5.75. The normalized spacial score (nSPS) is 31.5. The van der Waals surface area contributed by atoms with Crippen LogP contribution in [0.5, 0.6) is 5.75 Å². The molecule has 5 rings (SSSR count). The Kier molecular flexibility index (Phi) is 3.62. The Morgan fingerprint density at radius 1 is 1.30 bits per heavy atom. The molecule has 1 aromatic carbocycles. The van der Waals surface area contributed by atoms with Gasteiger partial charge >= 0.3 is 0 Å². The maximum Gasteiger partial charge on any atom is 0.283 e. The number of ether oxygens (including phenoxy) is 3. The van der Waals surface area contributed by atoms with Crippen LogP contribution in [0.15, 0.2) is 41.5 Å². The van der Waals surface area contributed by atoms with Crippen molar-refractivity contribution in [2.45, 2.75) is 31.1 Å². The summed E-state index contributed by atoms with van der Waals surface area (Å²) in [7, 11) is 0. The number of rotatable bonds is 1. The summed E-state index contributed by atoms with van der Waals surface area (Å²) < 4.78 is 32.0. The first kappa shape index (κ1) is 16.5. The van der Waals surface area contributed by atoms with Crippen molar-refractivity contribution >= 4 is 6.02 Å². The topological polar surface area (TPSA) is 79.0 Å². The van der Waals surface area contributed by atoms with Crippen LogP contribution in [0, 0.1) is 11.9 Å². The average Bonchev–Trinajstić information content (AvgIpc) is 3.04. The smallest absolute Gasteiger partial charge is 0.283 e. The number of nitrogens with two attached hydrogens (primary N) is 1. The van der Waals surface area contributed by atoms with Crippen molar-refractivity contribution in [3.8, 4) is 16.9 Å². The zero-order valence-corrected chi connectivity index (χ0v) is 14.9. The Balaban J connectivity index is 1.70. The van der Waals surface area contributed by atoms with Crippen molar-refractivity contribution in [1.29, 1.82) is 0 Å². The second-order valence-corrected chi connectivity index (χ2v) is 7.26. The van der Waals surface area contributed by atoms with E-state index in [0.717, 1.165) is 17.7 Å². The van der Waals surface area contributed by atoms with Crippen molar-refractivity contribution in [3.63, 3.8) is 0 Å². The Hall–Kier alpha value is -2.67. The van der Waals surface area contributed by atoms with Crippen molar-refractivity contribution < 1.29 is 18.6 Å². The quantitative estimate of drug-likeness (QED) is 0.782. The van der Waals surface area contributed by atoms with Gasteiger partial charge in [0.2, 0.25) is 5.95 Å². The van der Waals surface area contributed by atoms with Gasteiger partial charge in [-0.2, -0.15) is 4.39 Å². The van der Waals surface area contributed by atoms with Gasteiger partial charge in [0.05, 0.1) is 18.6 Å². The van der Waals surface area contributed by atoms with Gasteiger partial charge in [-0.05, 0) is 36.8 Å². The number of benzene rings is 1. The molecule has 0 bridgehead atoms. The van der Waals surface area contributed by atoms with Crippen molar-refractivity contribution in [1.82, 2.24) is 4.98 Å². The predicted molar refractivity (Wildman–Crippen MR) is 96.8 cm³/mol. The predicted octanol–water partition coefficient (Wildman–Crippen LogP) is 2.61. The number of aliphatic imine (C=N–C) groups is 1. The van der Waals surface area contributed by atoms with Gasteiger partial charge in [0.25, 0.3) is 6.02 Å². The van der Waals surface area contributed by atoms with Crippen LogP contribution in [0.25, 0.3) is 11.1 Å². The van der Waals surface area contributed by atoms with Gasteiger partial charge in [-0.15, -0.1) is 0 Å². The first-order chi connectivity index (χ1) is 13.1. The summed E-state index contributed by atoms with van der Waals surface area (Å²) in [4.78, 5) is 8.47. The van der Waals surface area contributed by atoms with Crippen molar-refractivity contribution in [3.05, 3.63) is 48.0 Å². The van der Waals surface area contributed by atoms with Crippen LogP contribution >= 0.6 is 0 Å². The second kappa shape index (κ2) is 5.92. The molecule has 1 unspecified atom stereocenters. The molecule has 2 aromatic rings. The van der Waals surface area contributed by atoms with Crippen LogP contribution in [0.3, 0.4) is 0 Å². The molecule has 3 aliphatic heterocycles. The van der Waals surface area contributed by atoms with Crippen LogP contribution in [0.2, 0.25) is 0 Å². The third kappa shape index (κ3) is 2.41. The number of nitrogens with zero attached hydrogens (tertiary/aromatic N) is 2. The SMILES string of the molecule is C[C@@H]1OCCC2Oc3ccc(-c4cccnc4F)cc3[C@@]3(COC(N)=N3)[C@H]21. The van der Waals surface area contributed by atoms with Crippen LogP contribution in [-0.4, -0.2) is 36.4 Å². The number of hydrogen-bond acceptors (Lipinski definition) is 6. The summed E-state index contributed by atoms with van der Waals surface area (Å²) in [5.74, 6) is 0.190. The van der Waals surface area contributed by atoms with Crippen LogP contribution < -0.4 is 10.5 Å². The second-order valence-electron chi connectivity index (χ2n) is 7.26. The van der Waals surface area contributed by atoms with Gasteiger partial charge in [0.15, 0.2) is 0 Å². The van der Waals surface area contributed by atoms with Crippen LogP contribution in [0.1, 0.15) is 18.9 Å². The van der Waals surface area contributed by atoms with Crippen LogP contribution in [-0.2, 0) is 15.0 Å². The first-order valence-electron chi connectivity index (χ1n) is 9.10. The molecule has 1 fully saturated rings. The maximum atomic E-state index is 14.2. The molecular formula is C20H20FN3O3. The van der Waals surface area contributed by atoms with Crippen LogP contribution in [0.4, 0.5) is 4.39 Å². The lowest BCUT2D eigenvalue weighted by molar-refractivity contribution is -0.116. The zero-order chi connectivity index (χ0) is 18.6. The summed E-state index contributed by atoms with van der Waals surface area (Å²) in [6.07, 6.45) is 2.13. The van der Waals surface area contributed by atoms with Gasteiger partial charge in [-0.1, -0.05) is 6.07 Å². The van der Waals surface area contributed by atoms with Gasteiger partial charge < -0.3 is 19.9 Å². The third-order valence-corrected chi connectivity index (χ3v) is 5.79. The lowest BCUT2D eigenvalue weighted by atomic mass is 9.69. The molecule has 0 amide bonds. The van der Waals surface area contributed by atoms with E-state index in [1.165, 1.54) is 6.20 Å². The molecule has 6 nitrogen and oxygen atoms in total. The van der Waals surface area contributed by atoms with E-state index >= 15 is 0 Å². The Morgan fingerprint density at radius 3 is 2.96 bits per heavy atom. The van der Waals surface area contributed by atoms with E-state index in [1.54, 1.807) is 12.1 Å². The largest absolute Gasteiger partial charge is 0.489 e. The summed E-state index contributed by atoms with van der Waals surface area (Å²) in [6, 6.07) is 9.22. The Morgan fingerprint density at radius 2 is 2.19 bits per heavy atom. The first-order valence-corrected chi connectivity index (χ1v) is 9.10. The number of aromatic nitrogens is 1. The summed E-state index contributed by atoms with van der Waals surface area (Å²) in [5, 5.41) is 0. The molecule has 3 aliphatic rings. The molecular weight excluding hydrogens is 349 g/mol. The third-order valence-electron chi connectivity index (χ3n) is 5.79. The lowest BCUT2D eigenvalue weighted by Crippen LogP contribution is -2.56. The van der Waals surface area contributed by atoms with E-state index in [9.17, 15) is 4.39 Å². The minimum atomic E-state index is -0.698. The fourth-order valence-electron chi connectivity index (χ4n) is 4.62. The molecule has 0 radical (unpaired) electrons. The molecule has 1 aromatic heterocycles. The average molecular weight is 369 g/mol. The highest BCUT2D eigenvalue weighted by Crippen LogP contribution is 2.52. The number of pyridine rings is 1. The molecule has 0 aliphatic carbocycles. The summed E-state index contributed by atoms with van der Waals surface area (Å²) >= 11 is 0. The maximum absolute atomic E-state index is 14.2. The minimum Gasteiger partial charge on any atom is -0.489 e. The van der Waals surface area contributed by atoms with Gasteiger partial charge in [-0.3, -0.25) is 0 Å². The summed E-state index contributed by atoms with van der Waals surface area (Å²) in [5.41, 5.74) is 7.21. The molecule has 2 N–H and O–H groups in total. The molecule has 1 saturated heterocycles. The highest BCUT2D eigenvalue weighted by Gasteiger charge is 2.57. The van der Waals surface area contributed by atoms with Crippen molar-refractivity contribution in [2.75, 3.05) is 13.2 Å². The van der Waals surface area contributed by atoms with Crippen molar-refractivity contribution in [2.24, 2.45) is 16.6 Å². The fraction of sp³-hybridized carbons (Fsp3) is 0.400. The van der Waals surface area contributed by atoms with E-state index in [2.05, 4.69) is 4.98 Å². The summed E-state index contributed by atoms with van der Waals surface area (Å²) in [6.45, 7) is 3.00. The minimum absolute atomic E-state index is 0.0273. The number of hydrogen-bond donors (Lipinski definition) is 1. The van der Waals surface area contributed by atoms with E-state index in [-0.39, 0.29) is 24.1 Å². The van der Waals surface area contributed by atoms with Gasteiger partial charge in [-0.25, -0.2) is 9.98 Å². The molecule has 27 heavy (non-hydrogen) atoms.